The second-order valence-electron chi connectivity index (χ2n) is 5.92. The lowest BCUT2D eigenvalue weighted by molar-refractivity contribution is -0.146. The fourth-order valence-corrected chi connectivity index (χ4v) is 4.63. The third-order valence-electron chi connectivity index (χ3n) is 4.04. The lowest BCUT2D eigenvalue weighted by atomic mass is 9.88. The van der Waals surface area contributed by atoms with Gasteiger partial charge in [-0.3, -0.25) is 4.79 Å². The molecule has 110 valence electrons. The Morgan fingerprint density at radius 3 is 2.95 bits per heavy atom. The smallest absolute Gasteiger partial charge is 0.223 e. The van der Waals surface area contributed by atoms with Gasteiger partial charge >= 0.3 is 0 Å². The van der Waals surface area contributed by atoms with Crippen molar-refractivity contribution in [3.05, 3.63) is 14.7 Å². The van der Waals surface area contributed by atoms with Gasteiger partial charge in [-0.25, -0.2) is 0 Å². The van der Waals surface area contributed by atoms with E-state index < -0.39 is 11.7 Å². The Kier molecular flexibility index (Phi) is 3.59. The monoisotopic (exact) mass is 359 g/mol. The fourth-order valence-electron chi connectivity index (χ4n) is 2.95. The molecule has 3 heterocycles. The standard InChI is InChI=1S/C14H18BrNO3S/c1-14(2)13(18)11(16-6-4-3-5-10(16)17)12-8(19-14)7-9(15)20-12/h7,11,13,18H,3-6H2,1-2H3/t11-,13+/m0/s1. The SMILES string of the molecule is CC1(C)Oc2cc(Br)sc2[C@H](N2CCCCC2=O)[C@H]1O. The van der Waals surface area contributed by atoms with Crippen LogP contribution in [0.1, 0.15) is 44.0 Å². The number of thiophene rings is 1. The minimum Gasteiger partial charge on any atom is -0.484 e. The summed E-state index contributed by atoms with van der Waals surface area (Å²) in [5, 5.41) is 10.7. The molecule has 2 aliphatic heterocycles. The van der Waals surface area contributed by atoms with Crippen molar-refractivity contribution in [1.29, 1.82) is 0 Å². The highest BCUT2D eigenvalue weighted by Crippen LogP contribution is 2.49. The molecule has 0 spiro atoms. The number of halogens is 1. The molecule has 1 saturated heterocycles. The van der Waals surface area contributed by atoms with Crippen molar-refractivity contribution >= 4 is 33.2 Å². The van der Waals surface area contributed by atoms with Crippen molar-refractivity contribution in [3.8, 4) is 5.75 Å². The number of hydrogen-bond donors (Lipinski definition) is 1. The predicted molar refractivity (Wildman–Crippen MR) is 81.0 cm³/mol. The average Bonchev–Trinajstić information content (AvgIpc) is 2.71. The number of likely N-dealkylation sites (tertiary alicyclic amines) is 1. The zero-order valence-corrected chi connectivity index (χ0v) is 14.0. The second-order valence-corrected chi connectivity index (χ2v) is 8.38. The van der Waals surface area contributed by atoms with Crippen LogP contribution in [0.3, 0.4) is 0 Å². The minimum atomic E-state index is -0.720. The first kappa shape index (κ1) is 14.4. The lowest BCUT2D eigenvalue weighted by Gasteiger charge is -2.46. The average molecular weight is 360 g/mol. The van der Waals surface area contributed by atoms with Crippen molar-refractivity contribution in [2.45, 2.75) is 50.9 Å². The molecule has 1 aromatic heterocycles. The van der Waals surface area contributed by atoms with Crippen LogP contribution in [0.4, 0.5) is 0 Å². The van der Waals surface area contributed by atoms with Crippen LogP contribution >= 0.6 is 27.3 Å². The molecule has 2 aliphatic rings. The van der Waals surface area contributed by atoms with Gasteiger partial charge in [0, 0.05) is 19.0 Å². The molecule has 4 nitrogen and oxygen atoms in total. The summed E-state index contributed by atoms with van der Waals surface area (Å²) in [4.78, 5) is 15.0. The number of piperidine rings is 1. The number of hydrogen-bond acceptors (Lipinski definition) is 4. The number of aliphatic hydroxyl groups is 1. The Morgan fingerprint density at radius 1 is 1.50 bits per heavy atom. The van der Waals surface area contributed by atoms with Crippen molar-refractivity contribution in [2.24, 2.45) is 0 Å². The van der Waals surface area contributed by atoms with E-state index in [1.807, 2.05) is 24.8 Å². The molecule has 1 amide bonds. The number of carbonyl (C=O) groups is 1. The van der Waals surface area contributed by atoms with Crippen molar-refractivity contribution in [3.63, 3.8) is 0 Å². The van der Waals surface area contributed by atoms with E-state index in [0.717, 1.165) is 27.3 Å². The Hall–Kier alpha value is -0.590. The summed E-state index contributed by atoms with van der Waals surface area (Å²) in [5.74, 6) is 0.911. The van der Waals surface area contributed by atoms with Gasteiger partial charge in [0.2, 0.25) is 5.91 Å². The summed E-state index contributed by atoms with van der Waals surface area (Å²) in [6.07, 6.45) is 1.80. The summed E-state index contributed by atoms with van der Waals surface area (Å²) in [6, 6.07) is 1.63. The van der Waals surface area contributed by atoms with Gasteiger partial charge < -0.3 is 14.7 Å². The lowest BCUT2D eigenvalue weighted by Crippen LogP contribution is -2.55. The van der Waals surface area contributed by atoms with E-state index in [0.29, 0.717) is 13.0 Å². The maximum Gasteiger partial charge on any atom is 0.223 e. The van der Waals surface area contributed by atoms with Crippen molar-refractivity contribution < 1.29 is 14.6 Å². The van der Waals surface area contributed by atoms with Crippen LogP contribution in [0, 0.1) is 0 Å². The molecule has 6 heteroatoms. The zero-order chi connectivity index (χ0) is 14.5. The summed E-state index contributed by atoms with van der Waals surface area (Å²) in [5.41, 5.74) is -0.699. The van der Waals surface area contributed by atoms with Crippen LogP contribution in [-0.2, 0) is 4.79 Å². The zero-order valence-electron chi connectivity index (χ0n) is 11.6. The first-order chi connectivity index (χ1) is 9.40. The molecule has 0 unspecified atom stereocenters. The summed E-state index contributed by atoms with van der Waals surface area (Å²) < 4.78 is 6.86. The van der Waals surface area contributed by atoms with E-state index in [1.165, 1.54) is 11.3 Å². The van der Waals surface area contributed by atoms with Gasteiger partial charge in [0.25, 0.3) is 0 Å². The second kappa shape index (κ2) is 5.00. The third-order valence-corrected chi connectivity index (χ3v) is 5.73. The number of amides is 1. The van der Waals surface area contributed by atoms with E-state index in [1.54, 1.807) is 0 Å². The highest BCUT2D eigenvalue weighted by molar-refractivity contribution is 9.11. The van der Waals surface area contributed by atoms with Gasteiger partial charge in [0.1, 0.15) is 17.5 Å². The molecule has 20 heavy (non-hydrogen) atoms. The van der Waals surface area contributed by atoms with Crippen LogP contribution in [0.5, 0.6) is 5.75 Å². The molecule has 2 atom stereocenters. The van der Waals surface area contributed by atoms with Crippen LogP contribution < -0.4 is 4.74 Å². The van der Waals surface area contributed by atoms with Crippen LogP contribution in [0.25, 0.3) is 0 Å². The number of nitrogens with zero attached hydrogens (tertiary/aromatic N) is 1. The topological polar surface area (TPSA) is 49.8 Å². The molecule has 0 saturated carbocycles. The molecule has 1 aromatic rings. The number of rotatable bonds is 1. The summed E-state index contributed by atoms with van der Waals surface area (Å²) in [6.45, 7) is 4.45. The Balaban J connectivity index is 2.04. The van der Waals surface area contributed by atoms with E-state index >= 15 is 0 Å². The normalized spacial score (nSPS) is 29.0. The van der Waals surface area contributed by atoms with Gasteiger partial charge in [-0.15, -0.1) is 11.3 Å². The van der Waals surface area contributed by atoms with E-state index in [-0.39, 0.29) is 11.9 Å². The first-order valence-electron chi connectivity index (χ1n) is 6.86. The highest BCUT2D eigenvalue weighted by atomic mass is 79.9. The molecule has 1 N–H and O–H groups in total. The number of aliphatic hydroxyl groups excluding tert-OH is 1. The first-order valence-corrected chi connectivity index (χ1v) is 8.47. The van der Waals surface area contributed by atoms with Crippen LogP contribution in [0.15, 0.2) is 9.85 Å². The van der Waals surface area contributed by atoms with E-state index in [4.69, 9.17) is 4.74 Å². The number of ether oxygens (including phenoxy) is 1. The Morgan fingerprint density at radius 2 is 2.25 bits per heavy atom. The quantitative estimate of drug-likeness (QED) is 0.837. The van der Waals surface area contributed by atoms with Gasteiger partial charge in [0.15, 0.2) is 0 Å². The molecular weight excluding hydrogens is 342 g/mol. The highest BCUT2D eigenvalue weighted by Gasteiger charge is 2.48. The largest absolute Gasteiger partial charge is 0.484 e. The molecule has 0 aliphatic carbocycles. The van der Waals surface area contributed by atoms with Gasteiger partial charge in [0.05, 0.1) is 14.7 Å². The van der Waals surface area contributed by atoms with Gasteiger partial charge in [-0.1, -0.05) is 0 Å². The van der Waals surface area contributed by atoms with Gasteiger partial charge in [-0.2, -0.15) is 0 Å². The van der Waals surface area contributed by atoms with Crippen LogP contribution in [-0.4, -0.2) is 34.2 Å². The molecule has 0 radical (unpaired) electrons. The molecule has 1 fully saturated rings. The Labute approximate surface area is 130 Å². The van der Waals surface area contributed by atoms with E-state index in [2.05, 4.69) is 15.9 Å². The number of fused-ring (bicyclic) bond motifs is 1. The number of carbonyl (C=O) groups excluding carboxylic acids is 1. The maximum absolute atomic E-state index is 12.2. The fraction of sp³-hybridized carbons (Fsp3) is 0.643. The summed E-state index contributed by atoms with van der Waals surface area (Å²) in [7, 11) is 0. The third kappa shape index (κ3) is 2.27. The molecule has 0 bridgehead atoms. The molecule has 3 rings (SSSR count). The van der Waals surface area contributed by atoms with Crippen molar-refractivity contribution in [1.82, 2.24) is 4.90 Å². The minimum absolute atomic E-state index is 0.133. The molecular formula is C14H18BrNO3S. The Bertz CT molecular complexity index is 543. The van der Waals surface area contributed by atoms with Crippen molar-refractivity contribution in [2.75, 3.05) is 6.54 Å². The summed E-state index contributed by atoms with van der Waals surface area (Å²) >= 11 is 5.01. The molecule has 0 aromatic carbocycles. The maximum atomic E-state index is 12.2. The van der Waals surface area contributed by atoms with Gasteiger partial charge in [-0.05, 0) is 42.6 Å². The predicted octanol–water partition coefficient (Wildman–Crippen LogP) is 3.10. The van der Waals surface area contributed by atoms with Crippen LogP contribution in [0.2, 0.25) is 0 Å². The van der Waals surface area contributed by atoms with E-state index in [9.17, 15) is 9.90 Å².